The number of thioether (sulfide) groups is 1. The van der Waals surface area contributed by atoms with E-state index in [2.05, 4.69) is 20.6 Å². The van der Waals surface area contributed by atoms with Gasteiger partial charge in [-0.05, 0) is 39.0 Å². The maximum atomic E-state index is 12.2. The first-order valence-corrected chi connectivity index (χ1v) is 10.4. The Kier molecular flexibility index (Phi) is 7.29. The number of nitrogens with one attached hydrogen (secondary N) is 2. The molecular weight excluding hydrogens is 424 g/mol. The largest absolute Gasteiger partial charge is 0.486 e. The Morgan fingerprint density at radius 1 is 1.10 bits per heavy atom. The first kappa shape index (κ1) is 22.3. The van der Waals surface area contributed by atoms with Gasteiger partial charge >= 0.3 is 12.0 Å². The molecule has 31 heavy (non-hydrogen) atoms. The predicted octanol–water partition coefficient (Wildman–Crippen LogP) is 2.24. The van der Waals surface area contributed by atoms with Crippen molar-refractivity contribution in [1.29, 1.82) is 0 Å². The molecular formula is C20H22N4O6S. The lowest BCUT2D eigenvalue weighted by molar-refractivity contribution is -0.151. The summed E-state index contributed by atoms with van der Waals surface area (Å²) >= 11 is 1.11. The molecule has 0 bridgehead atoms. The van der Waals surface area contributed by atoms with E-state index in [1.165, 1.54) is 6.92 Å². The summed E-state index contributed by atoms with van der Waals surface area (Å²) in [5.41, 5.74) is 2.00. The lowest BCUT2D eigenvalue weighted by Crippen LogP contribution is -2.41. The first-order chi connectivity index (χ1) is 14.8. The maximum absolute atomic E-state index is 12.2. The molecule has 164 valence electrons. The number of hydrogen-bond acceptors (Lipinski definition) is 9. The van der Waals surface area contributed by atoms with Crippen LogP contribution in [-0.4, -0.2) is 52.9 Å². The van der Waals surface area contributed by atoms with Gasteiger partial charge in [-0.1, -0.05) is 11.8 Å². The van der Waals surface area contributed by atoms with Crippen LogP contribution < -0.4 is 20.1 Å². The van der Waals surface area contributed by atoms with Crippen LogP contribution in [0.15, 0.2) is 29.4 Å². The van der Waals surface area contributed by atoms with E-state index in [1.54, 1.807) is 18.2 Å². The number of urea groups is 1. The van der Waals surface area contributed by atoms with E-state index in [1.807, 2.05) is 19.9 Å². The summed E-state index contributed by atoms with van der Waals surface area (Å²) < 4.78 is 15.9. The minimum atomic E-state index is -1.15. The van der Waals surface area contributed by atoms with Crippen LogP contribution in [0.2, 0.25) is 0 Å². The monoisotopic (exact) mass is 446 g/mol. The summed E-state index contributed by atoms with van der Waals surface area (Å²) in [6.07, 6.45) is -1.15. The van der Waals surface area contributed by atoms with Crippen molar-refractivity contribution in [2.24, 2.45) is 0 Å². The third kappa shape index (κ3) is 6.57. The number of anilines is 1. The summed E-state index contributed by atoms with van der Waals surface area (Å²) in [5, 5.41) is 5.10. The molecule has 1 aromatic heterocycles. The number of fused-ring (bicyclic) bond motifs is 1. The maximum Gasteiger partial charge on any atom is 0.325 e. The minimum Gasteiger partial charge on any atom is -0.486 e. The number of aryl methyl sites for hydroxylation is 2. The average molecular weight is 446 g/mol. The zero-order valence-corrected chi connectivity index (χ0v) is 18.1. The molecule has 0 saturated carbocycles. The quantitative estimate of drug-likeness (QED) is 0.390. The van der Waals surface area contributed by atoms with Crippen LogP contribution in [0.1, 0.15) is 18.3 Å². The van der Waals surface area contributed by atoms with Crippen molar-refractivity contribution in [3.8, 4) is 11.5 Å². The molecule has 10 nitrogen and oxygen atoms in total. The molecule has 0 aliphatic carbocycles. The summed E-state index contributed by atoms with van der Waals surface area (Å²) in [6.45, 7) is 5.92. The van der Waals surface area contributed by atoms with Crippen molar-refractivity contribution in [3.05, 3.63) is 35.7 Å². The van der Waals surface area contributed by atoms with Crippen LogP contribution in [0, 0.1) is 13.8 Å². The van der Waals surface area contributed by atoms with E-state index >= 15 is 0 Å². The molecule has 1 aliphatic heterocycles. The fourth-order valence-corrected chi connectivity index (χ4v) is 3.40. The van der Waals surface area contributed by atoms with Gasteiger partial charge in [0.2, 0.25) is 0 Å². The van der Waals surface area contributed by atoms with Gasteiger partial charge in [0.05, 0.1) is 5.75 Å². The highest BCUT2D eigenvalue weighted by atomic mass is 32.2. The fraction of sp³-hybridized carbons (Fsp3) is 0.350. The number of hydrogen-bond donors (Lipinski definition) is 2. The summed E-state index contributed by atoms with van der Waals surface area (Å²) in [4.78, 5) is 44.7. The standard InChI is InChI=1S/C20H22N4O6S/c1-11-8-12(2)22-20(21-11)31-10-17(25)30-13(3)18(26)24-19(27)23-14-4-5-15-16(9-14)29-7-6-28-15/h4-5,8-9,13H,6-7,10H2,1-3H3,(H2,23,24,26,27). The van der Waals surface area contributed by atoms with Crippen molar-refractivity contribution < 1.29 is 28.6 Å². The molecule has 0 saturated heterocycles. The number of aromatic nitrogens is 2. The zero-order chi connectivity index (χ0) is 22.4. The average Bonchev–Trinajstić information content (AvgIpc) is 2.71. The van der Waals surface area contributed by atoms with Gasteiger partial charge < -0.3 is 19.5 Å². The van der Waals surface area contributed by atoms with Gasteiger partial charge in [0.25, 0.3) is 5.91 Å². The molecule has 11 heteroatoms. The Morgan fingerprint density at radius 3 is 2.48 bits per heavy atom. The number of carbonyl (C=O) groups is 3. The number of rotatable bonds is 6. The molecule has 2 heterocycles. The van der Waals surface area contributed by atoms with Crippen LogP contribution in [0.25, 0.3) is 0 Å². The lowest BCUT2D eigenvalue weighted by Gasteiger charge is -2.19. The predicted molar refractivity (Wildman–Crippen MR) is 112 cm³/mol. The molecule has 1 atom stereocenters. The third-order valence-corrected chi connectivity index (χ3v) is 4.82. The molecule has 1 unspecified atom stereocenters. The number of amides is 3. The van der Waals surface area contributed by atoms with Crippen molar-refractivity contribution in [2.45, 2.75) is 32.0 Å². The topological polar surface area (TPSA) is 129 Å². The fourth-order valence-electron chi connectivity index (χ4n) is 2.66. The van der Waals surface area contributed by atoms with E-state index in [9.17, 15) is 14.4 Å². The van der Waals surface area contributed by atoms with Gasteiger partial charge in [0.1, 0.15) is 13.2 Å². The summed E-state index contributed by atoms with van der Waals surface area (Å²) in [6, 6.07) is 5.93. The molecule has 0 spiro atoms. The van der Waals surface area contributed by atoms with Gasteiger partial charge in [-0.15, -0.1) is 0 Å². The normalized spacial score (nSPS) is 13.1. The van der Waals surface area contributed by atoms with E-state index in [4.69, 9.17) is 14.2 Å². The van der Waals surface area contributed by atoms with Gasteiger partial charge in [0.15, 0.2) is 22.8 Å². The second kappa shape index (κ2) is 10.1. The van der Waals surface area contributed by atoms with E-state index < -0.39 is 24.0 Å². The molecule has 3 amide bonds. The van der Waals surface area contributed by atoms with Crippen LogP contribution in [0.4, 0.5) is 10.5 Å². The highest BCUT2D eigenvalue weighted by Gasteiger charge is 2.21. The Morgan fingerprint density at radius 2 is 1.77 bits per heavy atom. The third-order valence-electron chi connectivity index (χ3n) is 4.00. The molecule has 1 aromatic carbocycles. The van der Waals surface area contributed by atoms with Gasteiger partial charge in [0, 0.05) is 23.1 Å². The Bertz CT molecular complexity index is 979. The van der Waals surface area contributed by atoms with Crippen molar-refractivity contribution in [2.75, 3.05) is 24.3 Å². The highest BCUT2D eigenvalue weighted by Crippen LogP contribution is 2.32. The van der Waals surface area contributed by atoms with E-state index in [-0.39, 0.29) is 5.75 Å². The number of esters is 1. The number of carbonyl (C=O) groups excluding carboxylic acids is 3. The SMILES string of the molecule is Cc1cc(C)nc(SCC(=O)OC(C)C(=O)NC(=O)Nc2ccc3c(c2)OCCO3)n1. The van der Waals surface area contributed by atoms with Crippen molar-refractivity contribution in [1.82, 2.24) is 15.3 Å². The summed E-state index contributed by atoms with van der Waals surface area (Å²) in [5.74, 6) is -0.358. The smallest absolute Gasteiger partial charge is 0.325 e. The zero-order valence-electron chi connectivity index (χ0n) is 17.3. The molecule has 1 aliphatic rings. The molecule has 3 rings (SSSR count). The molecule has 2 aromatic rings. The Balaban J connectivity index is 1.45. The van der Waals surface area contributed by atoms with Crippen LogP contribution in [0.3, 0.4) is 0 Å². The minimum absolute atomic E-state index is 0.0656. The number of ether oxygens (including phenoxy) is 3. The highest BCUT2D eigenvalue weighted by molar-refractivity contribution is 7.99. The molecule has 0 radical (unpaired) electrons. The van der Waals surface area contributed by atoms with Gasteiger partial charge in [-0.3, -0.25) is 14.9 Å². The number of imide groups is 1. The number of benzene rings is 1. The first-order valence-electron chi connectivity index (χ1n) is 9.46. The van der Waals surface area contributed by atoms with Crippen LogP contribution in [0.5, 0.6) is 11.5 Å². The Hall–Kier alpha value is -3.34. The van der Waals surface area contributed by atoms with Gasteiger partial charge in [-0.2, -0.15) is 0 Å². The lowest BCUT2D eigenvalue weighted by atomic mass is 10.2. The summed E-state index contributed by atoms with van der Waals surface area (Å²) in [7, 11) is 0. The van der Waals surface area contributed by atoms with Crippen LogP contribution >= 0.6 is 11.8 Å². The van der Waals surface area contributed by atoms with E-state index in [0.29, 0.717) is 35.6 Å². The Labute approximate surface area is 183 Å². The second-order valence-electron chi connectivity index (χ2n) is 6.66. The second-order valence-corrected chi connectivity index (χ2v) is 7.60. The molecule has 2 N–H and O–H groups in total. The number of nitrogens with zero attached hydrogens (tertiary/aromatic N) is 2. The van der Waals surface area contributed by atoms with E-state index in [0.717, 1.165) is 23.1 Å². The van der Waals surface area contributed by atoms with Crippen molar-refractivity contribution >= 4 is 35.4 Å². The molecule has 0 fully saturated rings. The van der Waals surface area contributed by atoms with Crippen molar-refractivity contribution in [3.63, 3.8) is 0 Å². The van der Waals surface area contributed by atoms with Crippen LogP contribution in [-0.2, 0) is 14.3 Å². The van der Waals surface area contributed by atoms with Gasteiger partial charge in [-0.25, -0.2) is 14.8 Å².